The van der Waals surface area contributed by atoms with E-state index < -0.39 is 0 Å². The van der Waals surface area contributed by atoms with Crippen molar-refractivity contribution in [3.05, 3.63) is 29.3 Å². The molecule has 0 saturated heterocycles. The second-order valence-electron chi connectivity index (χ2n) is 5.88. The highest BCUT2D eigenvalue weighted by atomic mass is 16.3. The second-order valence-corrected chi connectivity index (χ2v) is 5.88. The van der Waals surface area contributed by atoms with Crippen LogP contribution in [0.5, 0.6) is 5.75 Å². The van der Waals surface area contributed by atoms with Gasteiger partial charge in [-0.25, -0.2) is 0 Å². The molecule has 0 fully saturated rings. The minimum atomic E-state index is -0.311. The van der Waals surface area contributed by atoms with E-state index in [1.54, 1.807) is 25.1 Å². The van der Waals surface area contributed by atoms with Crippen LogP contribution in [-0.2, 0) is 0 Å². The van der Waals surface area contributed by atoms with Crippen LogP contribution >= 0.6 is 0 Å². The molecule has 4 nitrogen and oxygen atoms in total. The fourth-order valence-corrected chi connectivity index (χ4v) is 1.93. The summed E-state index contributed by atoms with van der Waals surface area (Å²) in [6, 6.07) is 4.93. The second kappa shape index (κ2) is 6.06. The van der Waals surface area contributed by atoms with Gasteiger partial charge in [0.25, 0.3) is 5.91 Å². The van der Waals surface area contributed by atoms with Gasteiger partial charge >= 0.3 is 0 Å². The van der Waals surface area contributed by atoms with Crippen molar-refractivity contribution in [2.24, 2.45) is 5.41 Å². The van der Waals surface area contributed by atoms with Gasteiger partial charge in [-0.2, -0.15) is 0 Å². The molecule has 0 aliphatic heterocycles. The molecule has 4 heteroatoms. The fourth-order valence-electron chi connectivity index (χ4n) is 1.93. The molecule has 0 bridgehead atoms. The van der Waals surface area contributed by atoms with Gasteiger partial charge < -0.3 is 15.5 Å². The Morgan fingerprint density at radius 3 is 2.53 bits per heavy atom. The summed E-state index contributed by atoms with van der Waals surface area (Å²) in [6.45, 7) is 7.78. The Morgan fingerprint density at radius 1 is 1.37 bits per heavy atom. The molecule has 0 aliphatic rings. The number of aryl methyl sites for hydroxylation is 1. The molecule has 1 atom stereocenters. The summed E-state index contributed by atoms with van der Waals surface area (Å²) in [5, 5.41) is 21.9. The molecule has 1 rings (SSSR count). The Kier molecular flexibility index (Phi) is 4.95. The maximum Gasteiger partial charge on any atom is 0.255 e. The Morgan fingerprint density at radius 2 is 2.00 bits per heavy atom. The van der Waals surface area contributed by atoms with E-state index in [-0.39, 0.29) is 35.3 Å². The summed E-state index contributed by atoms with van der Waals surface area (Å²) >= 11 is 0. The van der Waals surface area contributed by atoms with Gasteiger partial charge in [0.15, 0.2) is 0 Å². The minimum Gasteiger partial charge on any atom is -0.507 e. The first kappa shape index (κ1) is 15.5. The van der Waals surface area contributed by atoms with E-state index in [4.69, 9.17) is 5.11 Å². The Labute approximate surface area is 114 Å². The SMILES string of the molecule is Cc1cccc(C(=O)NC(CCO)C(C)(C)C)c1O. The Bertz CT molecular complexity index is 449. The zero-order valence-electron chi connectivity index (χ0n) is 12.0. The van der Waals surface area contributed by atoms with E-state index >= 15 is 0 Å². The topological polar surface area (TPSA) is 69.6 Å². The number of aliphatic hydroxyl groups excluding tert-OH is 1. The number of carbonyl (C=O) groups excluding carboxylic acids is 1. The largest absolute Gasteiger partial charge is 0.507 e. The van der Waals surface area contributed by atoms with Gasteiger partial charge in [0.05, 0.1) is 5.56 Å². The highest BCUT2D eigenvalue weighted by molar-refractivity contribution is 5.97. The van der Waals surface area contributed by atoms with Gasteiger partial charge in [-0.15, -0.1) is 0 Å². The van der Waals surface area contributed by atoms with Crippen molar-refractivity contribution in [1.82, 2.24) is 5.32 Å². The first-order chi connectivity index (χ1) is 8.77. The number of aliphatic hydroxyl groups is 1. The van der Waals surface area contributed by atoms with Gasteiger partial charge in [0, 0.05) is 12.6 Å². The average molecular weight is 265 g/mol. The molecule has 0 aliphatic carbocycles. The first-order valence-electron chi connectivity index (χ1n) is 6.47. The van der Waals surface area contributed by atoms with Gasteiger partial charge in [0.1, 0.15) is 5.75 Å². The lowest BCUT2D eigenvalue weighted by Gasteiger charge is -2.31. The molecule has 0 spiro atoms. The van der Waals surface area contributed by atoms with Crippen molar-refractivity contribution in [3.63, 3.8) is 0 Å². The van der Waals surface area contributed by atoms with Crippen molar-refractivity contribution in [2.45, 2.75) is 40.2 Å². The first-order valence-corrected chi connectivity index (χ1v) is 6.47. The number of phenols is 1. The van der Waals surface area contributed by atoms with E-state index in [2.05, 4.69) is 5.32 Å². The van der Waals surface area contributed by atoms with Crippen molar-refractivity contribution in [3.8, 4) is 5.75 Å². The molecule has 0 saturated carbocycles. The minimum absolute atomic E-state index is 0.0108. The van der Waals surface area contributed by atoms with Gasteiger partial charge in [-0.05, 0) is 30.4 Å². The zero-order valence-corrected chi connectivity index (χ0v) is 12.0. The number of benzene rings is 1. The maximum atomic E-state index is 12.2. The van der Waals surface area contributed by atoms with Crippen molar-refractivity contribution in [1.29, 1.82) is 0 Å². The van der Waals surface area contributed by atoms with Crippen molar-refractivity contribution in [2.75, 3.05) is 6.61 Å². The predicted octanol–water partition coefficient (Wildman–Crippen LogP) is 2.23. The van der Waals surface area contributed by atoms with Crippen LogP contribution in [0.15, 0.2) is 18.2 Å². The fraction of sp³-hybridized carbons (Fsp3) is 0.533. The smallest absolute Gasteiger partial charge is 0.255 e. The molecule has 1 unspecified atom stereocenters. The molecule has 106 valence electrons. The van der Waals surface area contributed by atoms with Crippen LogP contribution in [0, 0.1) is 12.3 Å². The van der Waals surface area contributed by atoms with Gasteiger partial charge in [-0.3, -0.25) is 4.79 Å². The summed E-state index contributed by atoms with van der Waals surface area (Å²) < 4.78 is 0. The van der Waals surface area contributed by atoms with E-state index in [1.807, 2.05) is 20.8 Å². The van der Waals surface area contributed by atoms with Crippen LogP contribution in [0.1, 0.15) is 43.1 Å². The lowest BCUT2D eigenvalue weighted by molar-refractivity contribution is 0.0882. The highest BCUT2D eigenvalue weighted by Crippen LogP contribution is 2.25. The summed E-state index contributed by atoms with van der Waals surface area (Å²) in [5.41, 5.74) is 0.784. The number of nitrogens with one attached hydrogen (secondary N) is 1. The number of rotatable bonds is 4. The van der Waals surface area contributed by atoms with Crippen LogP contribution in [0.2, 0.25) is 0 Å². The normalized spacial score (nSPS) is 13.1. The number of phenolic OH excluding ortho intramolecular Hbond substituents is 1. The Balaban J connectivity index is 2.91. The van der Waals surface area contributed by atoms with E-state index in [1.165, 1.54) is 0 Å². The molecule has 3 N–H and O–H groups in total. The third-order valence-corrected chi connectivity index (χ3v) is 3.25. The quantitative estimate of drug-likeness (QED) is 0.782. The molecule has 1 amide bonds. The van der Waals surface area contributed by atoms with Gasteiger partial charge in [-0.1, -0.05) is 32.9 Å². The van der Waals surface area contributed by atoms with Crippen LogP contribution < -0.4 is 5.32 Å². The maximum absolute atomic E-state index is 12.2. The number of aromatic hydroxyl groups is 1. The van der Waals surface area contributed by atoms with E-state index in [0.717, 1.165) is 0 Å². The summed E-state index contributed by atoms with van der Waals surface area (Å²) in [7, 11) is 0. The number of hydrogen-bond acceptors (Lipinski definition) is 3. The summed E-state index contributed by atoms with van der Waals surface area (Å²) in [5.74, 6) is -0.300. The Hall–Kier alpha value is -1.55. The molecule has 0 radical (unpaired) electrons. The molecule has 0 heterocycles. The van der Waals surface area contributed by atoms with E-state index in [0.29, 0.717) is 12.0 Å². The van der Waals surface area contributed by atoms with Gasteiger partial charge in [0.2, 0.25) is 0 Å². The summed E-state index contributed by atoms with van der Waals surface area (Å²) in [6.07, 6.45) is 0.488. The van der Waals surface area contributed by atoms with Crippen molar-refractivity contribution < 1.29 is 15.0 Å². The van der Waals surface area contributed by atoms with E-state index in [9.17, 15) is 9.90 Å². The number of para-hydroxylation sites is 1. The van der Waals surface area contributed by atoms with Crippen molar-refractivity contribution >= 4 is 5.91 Å². The highest BCUT2D eigenvalue weighted by Gasteiger charge is 2.26. The lowest BCUT2D eigenvalue weighted by atomic mass is 9.84. The predicted molar refractivity (Wildman–Crippen MR) is 75.3 cm³/mol. The average Bonchev–Trinajstić information content (AvgIpc) is 2.30. The molecular weight excluding hydrogens is 242 g/mol. The molecule has 0 aromatic heterocycles. The lowest BCUT2D eigenvalue weighted by Crippen LogP contribution is -2.44. The number of amides is 1. The standard InChI is InChI=1S/C15H23NO3/c1-10-6-5-7-11(13(10)18)14(19)16-12(8-9-17)15(2,3)4/h5-7,12,17-18H,8-9H2,1-4H3,(H,16,19). The van der Waals surface area contributed by atoms with Crippen LogP contribution in [0.25, 0.3) is 0 Å². The third kappa shape index (κ3) is 3.96. The van der Waals surface area contributed by atoms with Crippen LogP contribution in [0.3, 0.4) is 0 Å². The number of carbonyl (C=O) groups is 1. The molecular formula is C15H23NO3. The zero-order chi connectivity index (χ0) is 14.6. The number of hydrogen-bond donors (Lipinski definition) is 3. The van der Waals surface area contributed by atoms with Crippen LogP contribution in [-0.4, -0.2) is 28.8 Å². The van der Waals surface area contributed by atoms with Crippen LogP contribution in [0.4, 0.5) is 0 Å². The molecule has 1 aromatic carbocycles. The third-order valence-electron chi connectivity index (χ3n) is 3.25. The molecule has 1 aromatic rings. The monoisotopic (exact) mass is 265 g/mol. The molecule has 19 heavy (non-hydrogen) atoms. The summed E-state index contributed by atoms with van der Waals surface area (Å²) in [4.78, 5) is 12.2.